The van der Waals surface area contributed by atoms with Gasteiger partial charge in [0.15, 0.2) is 0 Å². The Morgan fingerprint density at radius 1 is 1.00 bits per heavy atom. The number of likely N-dealkylation sites (N-methyl/N-ethyl adjacent to an activating group) is 1. The molecule has 0 aromatic heterocycles. The van der Waals surface area contributed by atoms with Crippen LogP contribution in [0.1, 0.15) is 31.4 Å². The molecule has 0 bridgehead atoms. The van der Waals surface area contributed by atoms with E-state index < -0.39 is 22.0 Å². The number of aryl methyl sites for hydroxylation is 1. The summed E-state index contributed by atoms with van der Waals surface area (Å²) in [5.41, 5.74) is 2.17. The predicted molar refractivity (Wildman–Crippen MR) is 123 cm³/mol. The monoisotopic (exact) mass is 445 g/mol. The molecular formula is C23H31N3O4S. The van der Waals surface area contributed by atoms with Gasteiger partial charge in [0, 0.05) is 13.6 Å². The molecule has 168 valence electrons. The Kier molecular flexibility index (Phi) is 8.62. The van der Waals surface area contributed by atoms with E-state index in [2.05, 4.69) is 5.32 Å². The first-order valence-corrected chi connectivity index (χ1v) is 12.2. The molecule has 0 aliphatic rings. The minimum absolute atomic E-state index is 0.207. The Morgan fingerprint density at radius 3 is 2.16 bits per heavy atom. The van der Waals surface area contributed by atoms with E-state index in [1.807, 2.05) is 56.3 Å². The largest absolute Gasteiger partial charge is 0.357 e. The summed E-state index contributed by atoms with van der Waals surface area (Å²) in [5.74, 6) is -0.720. The first-order valence-electron chi connectivity index (χ1n) is 10.3. The summed E-state index contributed by atoms with van der Waals surface area (Å²) >= 11 is 0. The highest BCUT2D eigenvalue weighted by Gasteiger charge is 2.31. The van der Waals surface area contributed by atoms with Crippen LogP contribution in [0.25, 0.3) is 0 Å². The van der Waals surface area contributed by atoms with E-state index in [0.717, 1.165) is 21.7 Å². The molecule has 2 aromatic rings. The zero-order valence-corrected chi connectivity index (χ0v) is 19.4. The highest BCUT2D eigenvalue weighted by atomic mass is 32.2. The fourth-order valence-corrected chi connectivity index (χ4v) is 4.39. The van der Waals surface area contributed by atoms with Gasteiger partial charge in [-0.3, -0.25) is 13.9 Å². The number of sulfonamides is 1. The first-order chi connectivity index (χ1) is 14.7. The number of hydrogen-bond donors (Lipinski definition) is 1. The maximum absolute atomic E-state index is 13.4. The molecule has 8 heteroatoms. The smallest absolute Gasteiger partial charge is 0.244 e. The van der Waals surface area contributed by atoms with E-state index >= 15 is 0 Å². The third-order valence-corrected chi connectivity index (χ3v) is 6.27. The number of hydrogen-bond acceptors (Lipinski definition) is 4. The van der Waals surface area contributed by atoms with Crippen LogP contribution in [0.2, 0.25) is 0 Å². The van der Waals surface area contributed by atoms with Crippen LogP contribution in [0.15, 0.2) is 54.6 Å². The molecule has 2 rings (SSSR count). The Labute approximate surface area is 185 Å². The Bertz CT molecular complexity index is 993. The van der Waals surface area contributed by atoms with Crippen LogP contribution in [0.4, 0.5) is 5.69 Å². The van der Waals surface area contributed by atoms with Crippen LogP contribution in [-0.4, -0.2) is 51.0 Å². The van der Waals surface area contributed by atoms with Crippen molar-refractivity contribution in [1.82, 2.24) is 10.2 Å². The summed E-state index contributed by atoms with van der Waals surface area (Å²) in [5, 5.41) is 2.61. The molecule has 0 aliphatic heterocycles. The van der Waals surface area contributed by atoms with E-state index in [9.17, 15) is 18.0 Å². The van der Waals surface area contributed by atoms with E-state index in [-0.39, 0.29) is 19.0 Å². The van der Waals surface area contributed by atoms with Gasteiger partial charge in [0.05, 0.1) is 11.9 Å². The normalized spacial score (nSPS) is 12.1. The molecule has 0 saturated carbocycles. The molecule has 31 heavy (non-hydrogen) atoms. The van der Waals surface area contributed by atoms with Crippen LogP contribution >= 0.6 is 0 Å². The van der Waals surface area contributed by atoms with Crippen molar-refractivity contribution < 1.29 is 18.0 Å². The number of para-hydroxylation sites is 1. The second-order valence-corrected chi connectivity index (χ2v) is 9.20. The van der Waals surface area contributed by atoms with Crippen LogP contribution < -0.4 is 9.62 Å². The lowest BCUT2D eigenvalue weighted by molar-refractivity contribution is -0.140. The second-order valence-electron chi connectivity index (χ2n) is 7.30. The Morgan fingerprint density at radius 2 is 1.61 bits per heavy atom. The van der Waals surface area contributed by atoms with Crippen molar-refractivity contribution in [3.05, 3.63) is 65.7 Å². The maximum atomic E-state index is 13.4. The van der Waals surface area contributed by atoms with Gasteiger partial charge in [0.2, 0.25) is 21.8 Å². The highest BCUT2D eigenvalue weighted by molar-refractivity contribution is 7.92. The summed E-state index contributed by atoms with van der Waals surface area (Å²) in [6, 6.07) is 15.8. The molecule has 1 atom stereocenters. The van der Waals surface area contributed by atoms with Gasteiger partial charge in [0.25, 0.3) is 0 Å². The van der Waals surface area contributed by atoms with Crippen molar-refractivity contribution in [3.8, 4) is 0 Å². The fourth-order valence-electron chi connectivity index (χ4n) is 3.51. The zero-order valence-electron chi connectivity index (χ0n) is 18.5. The van der Waals surface area contributed by atoms with Gasteiger partial charge < -0.3 is 10.2 Å². The van der Waals surface area contributed by atoms with E-state index in [4.69, 9.17) is 0 Å². The van der Waals surface area contributed by atoms with Gasteiger partial charge in [-0.05, 0) is 30.0 Å². The van der Waals surface area contributed by atoms with Crippen LogP contribution in [-0.2, 0) is 32.6 Å². The summed E-state index contributed by atoms with van der Waals surface area (Å²) in [6.45, 7) is 3.59. The molecular weight excluding hydrogens is 414 g/mol. The van der Waals surface area contributed by atoms with Crippen molar-refractivity contribution in [2.45, 2.75) is 39.3 Å². The number of anilines is 1. The van der Waals surface area contributed by atoms with Crippen molar-refractivity contribution in [2.24, 2.45) is 0 Å². The lowest BCUT2D eigenvalue weighted by Crippen LogP contribution is -2.51. The third-order valence-electron chi connectivity index (χ3n) is 5.15. The average Bonchev–Trinajstić information content (AvgIpc) is 2.76. The number of nitrogens with one attached hydrogen (secondary N) is 1. The van der Waals surface area contributed by atoms with Crippen molar-refractivity contribution in [1.29, 1.82) is 0 Å². The zero-order chi connectivity index (χ0) is 23.0. The minimum atomic E-state index is -3.72. The Balaban J connectivity index is 2.44. The highest BCUT2D eigenvalue weighted by Crippen LogP contribution is 2.24. The molecule has 0 saturated heterocycles. The molecule has 0 spiro atoms. The molecule has 1 N–H and O–H groups in total. The number of amides is 2. The lowest BCUT2D eigenvalue weighted by Gasteiger charge is -2.33. The van der Waals surface area contributed by atoms with Crippen LogP contribution in [0, 0.1) is 0 Å². The average molecular weight is 446 g/mol. The molecule has 0 heterocycles. The standard InChI is InChI=1S/C23H31N3O4S/c1-5-19-14-10-11-15-21(19)26(31(4,29)30)17-22(27)25(20(6-2)23(28)24-3)16-18-12-8-7-9-13-18/h7-15,20H,5-6,16-17H2,1-4H3,(H,24,28). The van der Waals surface area contributed by atoms with Gasteiger partial charge in [-0.25, -0.2) is 8.42 Å². The second kappa shape index (κ2) is 10.9. The Hall–Kier alpha value is -2.87. The molecule has 2 aromatic carbocycles. The molecule has 0 radical (unpaired) electrons. The molecule has 0 fully saturated rings. The van der Waals surface area contributed by atoms with E-state index in [1.165, 1.54) is 11.9 Å². The number of nitrogens with zero attached hydrogens (tertiary/aromatic N) is 2. The first kappa shape index (κ1) is 24.4. The third kappa shape index (κ3) is 6.30. The minimum Gasteiger partial charge on any atom is -0.357 e. The summed E-state index contributed by atoms with van der Waals surface area (Å²) in [6.07, 6.45) is 2.12. The van der Waals surface area contributed by atoms with Gasteiger partial charge in [-0.2, -0.15) is 0 Å². The van der Waals surface area contributed by atoms with Crippen LogP contribution in [0.3, 0.4) is 0 Å². The number of carbonyl (C=O) groups is 2. The molecule has 7 nitrogen and oxygen atoms in total. The molecule has 0 aliphatic carbocycles. The fraction of sp³-hybridized carbons (Fsp3) is 0.391. The van der Waals surface area contributed by atoms with Crippen molar-refractivity contribution in [2.75, 3.05) is 24.2 Å². The van der Waals surface area contributed by atoms with Crippen LogP contribution in [0.5, 0.6) is 0 Å². The van der Waals surface area contributed by atoms with Crippen molar-refractivity contribution >= 4 is 27.5 Å². The lowest BCUT2D eigenvalue weighted by atomic mass is 10.1. The molecule has 1 unspecified atom stereocenters. The van der Waals surface area contributed by atoms with E-state index in [0.29, 0.717) is 18.5 Å². The summed E-state index contributed by atoms with van der Waals surface area (Å²) in [7, 11) is -2.20. The van der Waals surface area contributed by atoms with E-state index in [1.54, 1.807) is 12.1 Å². The number of benzene rings is 2. The van der Waals surface area contributed by atoms with Crippen molar-refractivity contribution in [3.63, 3.8) is 0 Å². The quantitative estimate of drug-likeness (QED) is 0.609. The van der Waals surface area contributed by atoms with Gasteiger partial charge >= 0.3 is 0 Å². The number of rotatable bonds is 10. The van der Waals surface area contributed by atoms with Gasteiger partial charge in [-0.1, -0.05) is 62.4 Å². The maximum Gasteiger partial charge on any atom is 0.244 e. The summed E-state index contributed by atoms with van der Waals surface area (Å²) < 4.78 is 26.4. The topological polar surface area (TPSA) is 86.8 Å². The summed E-state index contributed by atoms with van der Waals surface area (Å²) in [4.78, 5) is 27.4. The van der Waals surface area contributed by atoms with Gasteiger partial charge in [0.1, 0.15) is 12.6 Å². The SMILES string of the molecule is CCc1ccccc1N(CC(=O)N(Cc1ccccc1)C(CC)C(=O)NC)S(C)(=O)=O. The number of carbonyl (C=O) groups excluding carboxylic acids is 2. The predicted octanol–water partition coefficient (Wildman–Crippen LogP) is 2.57. The molecule has 2 amide bonds. The van der Waals surface area contributed by atoms with Gasteiger partial charge in [-0.15, -0.1) is 0 Å².